The summed E-state index contributed by atoms with van der Waals surface area (Å²) in [7, 11) is 1.61. The molecule has 0 aromatic heterocycles. The molecule has 25 heavy (non-hydrogen) atoms. The minimum atomic E-state index is 0.00493. The first kappa shape index (κ1) is 17.5. The highest BCUT2D eigenvalue weighted by atomic mass is 32.2. The van der Waals surface area contributed by atoms with Crippen LogP contribution in [0.2, 0.25) is 0 Å². The highest BCUT2D eigenvalue weighted by Crippen LogP contribution is 2.33. The number of carbonyl (C=O) groups is 1. The molecule has 1 aliphatic heterocycles. The van der Waals surface area contributed by atoms with Crippen molar-refractivity contribution in [2.24, 2.45) is 0 Å². The molecule has 0 spiro atoms. The van der Waals surface area contributed by atoms with Gasteiger partial charge in [-0.3, -0.25) is 4.79 Å². The van der Waals surface area contributed by atoms with Gasteiger partial charge in [-0.25, -0.2) is 0 Å². The Hall–Kier alpha value is -2.34. The first-order valence-electron chi connectivity index (χ1n) is 8.27. The summed E-state index contributed by atoms with van der Waals surface area (Å²) in [6.45, 7) is 2.11. The second kappa shape index (κ2) is 8.67. The van der Waals surface area contributed by atoms with E-state index in [1.165, 1.54) is 4.90 Å². The van der Waals surface area contributed by atoms with Crippen molar-refractivity contribution in [3.63, 3.8) is 0 Å². The first-order chi connectivity index (χ1) is 12.3. The van der Waals surface area contributed by atoms with E-state index in [1.54, 1.807) is 7.11 Å². The fourth-order valence-corrected chi connectivity index (χ4v) is 3.76. The number of hydrogen-bond donors (Lipinski definition) is 1. The molecule has 1 N–H and O–H groups in total. The summed E-state index contributed by atoms with van der Waals surface area (Å²) < 4.78 is 10.9. The molecule has 0 radical (unpaired) electrons. The van der Waals surface area contributed by atoms with E-state index in [9.17, 15) is 4.79 Å². The average molecular weight is 358 g/mol. The zero-order valence-corrected chi connectivity index (χ0v) is 15.1. The Kier molecular flexibility index (Phi) is 6.06. The molecule has 2 aromatic carbocycles. The lowest BCUT2D eigenvalue weighted by Crippen LogP contribution is -2.41. The molecule has 0 fully saturated rings. The number of amides is 1. The van der Waals surface area contributed by atoms with Crippen molar-refractivity contribution < 1.29 is 14.3 Å². The number of fused-ring (bicyclic) bond motifs is 1. The van der Waals surface area contributed by atoms with Gasteiger partial charge in [0.15, 0.2) is 11.5 Å². The Bertz CT molecular complexity index is 723. The Morgan fingerprint density at radius 3 is 2.76 bits per heavy atom. The number of methoxy groups -OCH3 is 1. The van der Waals surface area contributed by atoms with E-state index >= 15 is 0 Å². The molecule has 0 unspecified atom stereocenters. The second-order valence-electron chi connectivity index (χ2n) is 5.59. The minimum Gasteiger partial charge on any atom is -0.493 e. The van der Waals surface area contributed by atoms with E-state index in [-0.39, 0.29) is 5.91 Å². The lowest BCUT2D eigenvalue weighted by Gasteiger charge is -2.30. The maximum Gasteiger partial charge on any atom is 0.239 e. The summed E-state index contributed by atoms with van der Waals surface area (Å²) >= 11 is 1.84. The van der Waals surface area contributed by atoms with Crippen LogP contribution in [-0.2, 0) is 4.79 Å². The maximum atomic E-state index is 12.2. The van der Waals surface area contributed by atoms with Gasteiger partial charge in [0.05, 0.1) is 25.9 Å². The average Bonchev–Trinajstić information content (AvgIpc) is 2.66. The van der Waals surface area contributed by atoms with Crippen molar-refractivity contribution in [1.82, 2.24) is 5.32 Å². The summed E-state index contributed by atoms with van der Waals surface area (Å²) in [5.74, 6) is 2.38. The normalized spacial score (nSPS) is 13.1. The summed E-state index contributed by atoms with van der Waals surface area (Å²) in [6, 6.07) is 15.7. The number of benzene rings is 2. The Balaban J connectivity index is 1.45. The number of ether oxygens (including phenoxy) is 2. The van der Waals surface area contributed by atoms with E-state index in [2.05, 4.69) is 22.3 Å². The van der Waals surface area contributed by atoms with Gasteiger partial charge in [0.1, 0.15) is 6.61 Å². The summed E-state index contributed by atoms with van der Waals surface area (Å²) in [4.78, 5) is 15.6. The van der Waals surface area contributed by atoms with Crippen molar-refractivity contribution in [1.29, 1.82) is 0 Å². The number of thioether (sulfide) groups is 1. The van der Waals surface area contributed by atoms with Crippen molar-refractivity contribution in [3.05, 3.63) is 48.5 Å². The van der Waals surface area contributed by atoms with Crippen LogP contribution in [0.15, 0.2) is 53.4 Å². The zero-order valence-electron chi connectivity index (χ0n) is 14.2. The van der Waals surface area contributed by atoms with Gasteiger partial charge < -0.3 is 19.7 Å². The van der Waals surface area contributed by atoms with Crippen molar-refractivity contribution in [2.45, 2.75) is 4.90 Å². The first-order valence-corrected chi connectivity index (χ1v) is 9.26. The molecule has 0 bridgehead atoms. The summed E-state index contributed by atoms with van der Waals surface area (Å²) in [5, 5.41) is 2.92. The largest absolute Gasteiger partial charge is 0.493 e. The second-order valence-corrected chi connectivity index (χ2v) is 6.72. The van der Waals surface area contributed by atoms with E-state index in [4.69, 9.17) is 9.47 Å². The molecule has 6 heteroatoms. The fourth-order valence-electron chi connectivity index (χ4n) is 2.71. The predicted molar refractivity (Wildman–Crippen MR) is 101 cm³/mol. The molecule has 0 saturated heterocycles. The van der Waals surface area contributed by atoms with Gasteiger partial charge in [-0.2, -0.15) is 0 Å². The van der Waals surface area contributed by atoms with Crippen molar-refractivity contribution in [2.75, 3.05) is 44.0 Å². The third-order valence-electron chi connectivity index (χ3n) is 3.91. The fraction of sp³-hybridized carbons (Fsp3) is 0.316. The third kappa shape index (κ3) is 4.60. The number of nitrogens with one attached hydrogen (secondary N) is 1. The molecule has 3 rings (SSSR count). The molecule has 1 aliphatic rings. The molecule has 0 atom stereocenters. The minimum absolute atomic E-state index is 0.00493. The van der Waals surface area contributed by atoms with Crippen LogP contribution in [0.4, 0.5) is 5.69 Å². The number of para-hydroxylation sites is 3. The smallest absolute Gasteiger partial charge is 0.239 e. The van der Waals surface area contributed by atoms with Crippen LogP contribution in [0, 0.1) is 0 Å². The monoisotopic (exact) mass is 358 g/mol. The number of rotatable bonds is 7. The molecule has 2 aromatic rings. The quantitative estimate of drug-likeness (QED) is 0.772. The molecule has 0 saturated carbocycles. The maximum absolute atomic E-state index is 12.2. The van der Waals surface area contributed by atoms with Gasteiger partial charge in [-0.05, 0) is 24.3 Å². The Morgan fingerprint density at radius 2 is 1.92 bits per heavy atom. The van der Waals surface area contributed by atoms with Crippen molar-refractivity contribution in [3.8, 4) is 11.5 Å². The van der Waals surface area contributed by atoms with Crippen LogP contribution in [0.25, 0.3) is 0 Å². The van der Waals surface area contributed by atoms with Gasteiger partial charge in [-0.15, -0.1) is 11.8 Å². The predicted octanol–water partition coefficient (Wildman–Crippen LogP) is 2.80. The topological polar surface area (TPSA) is 50.8 Å². The molecule has 132 valence electrons. The van der Waals surface area contributed by atoms with Crippen LogP contribution >= 0.6 is 11.8 Å². The number of anilines is 1. The lowest BCUT2D eigenvalue weighted by molar-refractivity contribution is -0.119. The molecule has 5 nitrogen and oxygen atoms in total. The van der Waals surface area contributed by atoms with Crippen molar-refractivity contribution >= 4 is 23.4 Å². The van der Waals surface area contributed by atoms with Crippen LogP contribution in [0.1, 0.15) is 0 Å². The molecule has 1 heterocycles. The Morgan fingerprint density at radius 1 is 1.16 bits per heavy atom. The zero-order chi connectivity index (χ0) is 17.5. The van der Waals surface area contributed by atoms with Crippen LogP contribution < -0.4 is 19.7 Å². The summed E-state index contributed by atoms with van der Waals surface area (Å²) in [6.07, 6.45) is 0. The van der Waals surface area contributed by atoms with Gasteiger partial charge in [0, 0.05) is 17.2 Å². The van der Waals surface area contributed by atoms with Gasteiger partial charge in [0.2, 0.25) is 5.91 Å². The number of nitrogens with zero attached hydrogens (tertiary/aromatic N) is 1. The van der Waals surface area contributed by atoms with Gasteiger partial charge in [0.25, 0.3) is 0 Å². The molecule has 0 aliphatic carbocycles. The molecular weight excluding hydrogens is 336 g/mol. The highest BCUT2D eigenvalue weighted by molar-refractivity contribution is 7.99. The molecule has 1 amide bonds. The van der Waals surface area contributed by atoms with E-state index in [0.717, 1.165) is 18.0 Å². The van der Waals surface area contributed by atoms with Gasteiger partial charge in [-0.1, -0.05) is 24.3 Å². The van der Waals surface area contributed by atoms with Crippen LogP contribution in [-0.4, -0.2) is 45.0 Å². The van der Waals surface area contributed by atoms with E-state index in [0.29, 0.717) is 31.2 Å². The van der Waals surface area contributed by atoms with E-state index < -0.39 is 0 Å². The number of hydrogen-bond acceptors (Lipinski definition) is 5. The molecular formula is C19H22N2O3S. The van der Waals surface area contributed by atoms with E-state index in [1.807, 2.05) is 48.2 Å². The highest BCUT2D eigenvalue weighted by Gasteiger charge is 2.18. The lowest BCUT2D eigenvalue weighted by atomic mass is 10.2. The van der Waals surface area contributed by atoms with Gasteiger partial charge >= 0.3 is 0 Å². The summed E-state index contributed by atoms with van der Waals surface area (Å²) in [5.41, 5.74) is 1.14. The Labute approximate surface area is 152 Å². The standard InChI is InChI=1S/C19H22N2O3S/c1-23-16-7-3-4-8-17(16)24-12-10-20-19(22)14-21-11-13-25-18-9-5-2-6-15(18)21/h2-9H,10-14H2,1H3,(H,20,22). The van der Waals surface area contributed by atoms with Crippen LogP contribution in [0.3, 0.4) is 0 Å². The SMILES string of the molecule is COc1ccccc1OCCNC(=O)CN1CCSc2ccccc21. The number of carbonyl (C=O) groups excluding carboxylic acids is 1. The third-order valence-corrected chi connectivity index (χ3v) is 4.95. The van der Waals surface area contributed by atoms with Crippen LogP contribution in [0.5, 0.6) is 11.5 Å².